The Bertz CT molecular complexity index is 800. The third-order valence-corrected chi connectivity index (χ3v) is 3.83. The predicted octanol–water partition coefficient (Wildman–Crippen LogP) is 5.18. The minimum Gasteiger partial charge on any atom is -0.444 e. The molecule has 2 aromatic carbocycles. The van der Waals surface area contributed by atoms with Gasteiger partial charge in [0.15, 0.2) is 0 Å². The number of nitrogens with one attached hydrogen (secondary N) is 2. The highest BCUT2D eigenvalue weighted by atomic mass is 35.5. The number of ether oxygens (including phenoxy) is 1. The van der Waals surface area contributed by atoms with E-state index >= 15 is 0 Å². The lowest BCUT2D eigenvalue weighted by Gasteiger charge is -2.20. The number of anilines is 1. The molecule has 0 aliphatic carbocycles. The van der Waals surface area contributed by atoms with Crippen LogP contribution < -0.4 is 10.6 Å². The van der Waals surface area contributed by atoms with Gasteiger partial charge in [0.05, 0.1) is 6.04 Å². The van der Waals surface area contributed by atoms with E-state index in [1.165, 1.54) is 0 Å². The summed E-state index contributed by atoms with van der Waals surface area (Å²) < 4.78 is 5.21. The van der Waals surface area contributed by atoms with E-state index in [0.717, 1.165) is 5.56 Å². The molecular weight excluding hydrogens is 352 g/mol. The Morgan fingerprint density at radius 2 is 1.77 bits per heavy atom. The SMILES string of the molecule is CC(NC(=O)c1cccc(NC(=O)OC(C)(C)C)c1)c1ccccc1Cl. The lowest BCUT2D eigenvalue weighted by Crippen LogP contribution is -2.28. The lowest BCUT2D eigenvalue weighted by atomic mass is 10.1. The molecule has 26 heavy (non-hydrogen) atoms. The van der Waals surface area contributed by atoms with Gasteiger partial charge in [0.2, 0.25) is 0 Å². The summed E-state index contributed by atoms with van der Waals surface area (Å²) in [5.74, 6) is -0.259. The quantitative estimate of drug-likeness (QED) is 0.774. The van der Waals surface area contributed by atoms with Crippen LogP contribution in [0.2, 0.25) is 5.02 Å². The number of halogens is 1. The van der Waals surface area contributed by atoms with Crippen LogP contribution >= 0.6 is 11.6 Å². The summed E-state index contributed by atoms with van der Waals surface area (Å²) in [6.07, 6.45) is -0.570. The van der Waals surface area contributed by atoms with Gasteiger partial charge in [-0.15, -0.1) is 0 Å². The zero-order chi connectivity index (χ0) is 19.3. The van der Waals surface area contributed by atoms with Gasteiger partial charge in [0, 0.05) is 16.3 Å². The highest BCUT2D eigenvalue weighted by molar-refractivity contribution is 6.31. The molecule has 0 spiro atoms. The molecule has 0 fully saturated rings. The van der Waals surface area contributed by atoms with E-state index in [-0.39, 0.29) is 11.9 Å². The maximum atomic E-state index is 12.5. The third-order valence-electron chi connectivity index (χ3n) is 3.49. The molecule has 2 rings (SSSR count). The van der Waals surface area contributed by atoms with Crippen LogP contribution in [0.4, 0.5) is 10.5 Å². The van der Waals surface area contributed by atoms with Crippen LogP contribution in [-0.4, -0.2) is 17.6 Å². The van der Waals surface area contributed by atoms with E-state index in [4.69, 9.17) is 16.3 Å². The van der Waals surface area contributed by atoms with E-state index in [9.17, 15) is 9.59 Å². The first kappa shape index (κ1) is 19.8. The zero-order valence-corrected chi connectivity index (χ0v) is 16.1. The van der Waals surface area contributed by atoms with Crippen LogP contribution in [0.5, 0.6) is 0 Å². The van der Waals surface area contributed by atoms with Crippen LogP contribution in [0.3, 0.4) is 0 Å². The van der Waals surface area contributed by atoms with Crippen molar-refractivity contribution >= 4 is 29.3 Å². The summed E-state index contributed by atoms with van der Waals surface area (Å²) in [5.41, 5.74) is 1.16. The predicted molar refractivity (Wildman–Crippen MR) is 104 cm³/mol. The van der Waals surface area contributed by atoms with Gasteiger partial charge >= 0.3 is 6.09 Å². The van der Waals surface area contributed by atoms with Crippen molar-refractivity contribution in [3.8, 4) is 0 Å². The molecule has 0 heterocycles. The highest BCUT2D eigenvalue weighted by Crippen LogP contribution is 2.22. The van der Waals surface area contributed by atoms with E-state index in [2.05, 4.69) is 10.6 Å². The van der Waals surface area contributed by atoms with Crippen LogP contribution in [-0.2, 0) is 4.74 Å². The van der Waals surface area contributed by atoms with Crippen molar-refractivity contribution in [1.82, 2.24) is 5.32 Å². The van der Waals surface area contributed by atoms with Crippen molar-refractivity contribution in [1.29, 1.82) is 0 Å². The number of amides is 2. The summed E-state index contributed by atoms with van der Waals surface area (Å²) >= 11 is 6.17. The molecule has 2 aromatic rings. The molecule has 1 atom stereocenters. The molecular formula is C20H23ClN2O3. The highest BCUT2D eigenvalue weighted by Gasteiger charge is 2.17. The van der Waals surface area contributed by atoms with Crippen molar-refractivity contribution in [2.45, 2.75) is 39.3 Å². The van der Waals surface area contributed by atoms with Crippen molar-refractivity contribution in [2.75, 3.05) is 5.32 Å². The molecule has 5 nitrogen and oxygen atoms in total. The number of benzene rings is 2. The van der Waals surface area contributed by atoms with Gasteiger partial charge in [-0.3, -0.25) is 10.1 Å². The summed E-state index contributed by atoms with van der Waals surface area (Å²) in [6, 6.07) is 13.8. The molecule has 2 amide bonds. The maximum absolute atomic E-state index is 12.5. The largest absolute Gasteiger partial charge is 0.444 e. The normalized spacial score (nSPS) is 12.2. The second-order valence-electron chi connectivity index (χ2n) is 6.92. The number of rotatable bonds is 4. The zero-order valence-electron chi connectivity index (χ0n) is 15.3. The van der Waals surface area contributed by atoms with E-state index in [1.54, 1.807) is 51.1 Å². The third kappa shape index (κ3) is 5.77. The van der Waals surface area contributed by atoms with Gasteiger partial charge in [0.25, 0.3) is 5.91 Å². The monoisotopic (exact) mass is 374 g/mol. The van der Waals surface area contributed by atoms with Crippen LogP contribution in [0, 0.1) is 0 Å². The van der Waals surface area contributed by atoms with Crippen molar-refractivity contribution in [2.24, 2.45) is 0 Å². The molecule has 1 unspecified atom stereocenters. The number of hydrogen-bond donors (Lipinski definition) is 2. The van der Waals surface area contributed by atoms with Gasteiger partial charge in [0.1, 0.15) is 5.60 Å². The summed E-state index contributed by atoms with van der Waals surface area (Å²) in [7, 11) is 0. The summed E-state index contributed by atoms with van der Waals surface area (Å²) in [4.78, 5) is 24.4. The summed E-state index contributed by atoms with van der Waals surface area (Å²) in [6.45, 7) is 7.22. The average molecular weight is 375 g/mol. The fourth-order valence-electron chi connectivity index (χ4n) is 2.34. The standard InChI is InChI=1S/C20H23ClN2O3/c1-13(16-10-5-6-11-17(16)21)22-18(24)14-8-7-9-15(12-14)23-19(25)26-20(2,3)4/h5-13H,1-4H3,(H,22,24)(H,23,25). The molecule has 0 bridgehead atoms. The number of carbonyl (C=O) groups is 2. The number of carbonyl (C=O) groups excluding carboxylic acids is 2. The minimum absolute atomic E-state index is 0.251. The molecule has 0 saturated heterocycles. The van der Waals surface area contributed by atoms with Gasteiger partial charge in [-0.05, 0) is 57.5 Å². The van der Waals surface area contributed by atoms with Crippen molar-refractivity contribution in [3.63, 3.8) is 0 Å². The smallest absolute Gasteiger partial charge is 0.412 e. The van der Waals surface area contributed by atoms with E-state index < -0.39 is 11.7 Å². The van der Waals surface area contributed by atoms with Crippen LogP contribution in [0.25, 0.3) is 0 Å². The molecule has 0 aliphatic heterocycles. The minimum atomic E-state index is -0.594. The van der Waals surface area contributed by atoms with Crippen molar-refractivity contribution < 1.29 is 14.3 Å². The average Bonchev–Trinajstić information content (AvgIpc) is 2.53. The Morgan fingerprint density at radius 3 is 2.42 bits per heavy atom. The van der Waals surface area contributed by atoms with Gasteiger partial charge in [-0.1, -0.05) is 35.9 Å². The first-order chi connectivity index (χ1) is 12.2. The Kier molecular flexibility index (Phi) is 6.27. The van der Waals surface area contributed by atoms with E-state index in [0.29, 0.717) is 16.3 Å². The van der Waals surface area contributed by atoms with Gasteiger partial charge in [-0.2, -0.15) is 0 Å². The van der Waals surface area contributed by atoms with Gasteiger partial charge in [-0.25, -0.2) is 4.79 Å². The fourth-order valence-corrected chi connectivity index (χ4v) is 2.64. The first-order valence-electron chi connectivity index (χ1n) is 8.31. The van der Waals surface area contributed by atoms with Crippen LogP contribution in [0.1, 0.15) is 49.7 Å². The lowest BCUT2D eigenvalue weighted by molar-refractivity contribution is 0.0635. The molecule has 2 N–H and O–H groups in total. The Labute approximate surface area is 158 Å². The molecule has 138 valence electrons. The maximum Gasteiger partial charge on any atom is 0.412 e. The number of hydrogen-bond acceptors (Lipinski definition) is 3. The molecule has 0 aliphatic rings. The Morgan fingerprint density at radius 1 is 1.08 bits per heavy atom. The Balaban J connectivity index is 2.06. The molecule has 0 saturated carbocycles. The molecule has 0 radical (unpaired) electrons. The fraction of sp³-hybridized carbons (Fsp3) is 0.300. The molecule has 6 heteroatoms. The topological polar surface area (TPSA) is 67.4 Å². The first-order valence-corrected chi connectivity index (χ1v) is 8.69. The Hall–Kier alpha value is -2.53. The molecule has 0 aromatic heterocycles. The van der Waals surface area contributed by atoms with Gasteiger partial charge < -0.3 is 10.1 Å². The second kappa shape index (κ2) is 8.23. The van der Waals surface area contributed by atoms with E-state index in [1.807, 2.05) is 25.1 Å². The van der Waals surface area contributed by atoms with Crippen LogP contribution in [0.15, 0.2) is 48.5 Å². The second-order valence-corrected chi connectivity index (χ2v) is 7.33. The van der Waals surface area contributed by atoms with Crippen molar-refractivity contribution in [3.05, 3.63) is 64.7 Å². The summed E-state index contributed by atoms with van der Waals surface area (Å²) in [5, 5.41) is 6.13.